The maximum atomic E-state index is 13.4. The number of rotatable bonds is 6. The van der Waals surface area contributed by atoms with E-state index < -0.39 is 16.1 Å². The van der Waals surface area contributed by atoms with Gasteiger partial charge in [-0.3, -0.25) is 0 Å². The smallest absolute Gasteiger partial charge is 0.321 e. The van der Waals surface area contributed by atoms with Crippen molar-refractivity contribution in [2.75, 3.05) is 14.2 Å². The van der Waals surface area contributed by atoms with Gasteiger partial charge in [0.1, 0.15) is 6.10 Å². The third-order valence-electron chi connectivity index (χ3n) is 4.68. The minimum Gasteiger partial charge on any atom is -0.480 e. The van der Waals surface area contributed by atoms with Gasteiger partial charge in [-0.05, 0) is 17.7 Å². The van der Waals surface area contributed by atoms with E-state index >= 15 is 0 Å². The van der Waals surface area contributed by atoms with Gasteiger partial charge in [-0.25, -0.2) is 12.4 Å². The number of ether oxygens (including phenoxy) is 2. The summed E-state index contributed by atoms with van der Waals surface area (Å²) in [6, 6.07) is 16.8. The summed E-state index contributed by atoms with van der Waals surface area (Å²) in [7, 11) is -1.23. The Morgan fingerprint density at radius 3 is 2.17 bits per heavy atom. The van der Waals surface area contributed by atoms with Gasteiger partial charge in [0.25, 0.3) is 10.0 Å². The van der Waals surface area contributed by atoms with Crippen molar-refractivity contribution in [3.05, 3.63) is 78.0 Å². The Bertz CT molecular complexity index is 1290. The monoisotopic (exact) mass is 425 g/mol. The Hall–Kier alpha value is -3.43. The second-order valence-electron chi connectivity index (χ2n) is 6.43. The summed E-state index contributed by atoms with van der Waals surface area (Å²) in [6.07, 6.45) is 0.230. The molecule has 9 heteroatoms. The molecule has 2 aromatic carbocycles. The molecule has 0 aliphatic heterocycles. The lowest BCUT2D eigenvalue weighted by Crippen LogP contribution is -2.13. The van der Waals surface area contributed by atoms with Crippen molar-refractivity contribution in [2.24, 2.45) is 0 Å². The molecule has 2 aromatic heterocycles. The molecule has 0 aliphatic rings. The first-order chi connectivity index (χ1) is 14.5. The maximum Gasteiger partial charge on any atom is 0.321 e. The predicted molar refractivity (Wildman–Crippen MR) is 110 cm³/mol. The molecule has 4 aromatic rings. The summed E-state index contributed by atoms with van der Waals surface area (Å²) in [4.78, 5) is 8.50. The predicted octanol–water partition coefficient (Wildman–Crippen LogP) is 2.77. The molecule has 30 heavy (non-hydrogen) atoms. The standard InChI is InChI=1S/C21H19N3O5S/c1-28-20-17-16(18(25)14-9-5-3-6-10-14)13-24(19(17)22-21(23-20)29-2)30(26,27)15-11-7-4-8-12-15/h3-13,18,25H,1-2H3. The Labute approximate surface area is 173 Å². The SMILES string of the molecule is COc1nc(OC)c2c(C(O)c3ccccc3)cn(S(=O)(=O)c3ccccc3)c2n1. The normalized spacial score (nSPS) is 12.6. The molecule has 4 rings (SSSR count). The van der Waals surface area contributed by atoms with E-state index in [1.165, 1.54) is 32.5 Å². The highest BCUT2D eigenvalue weighted by Crippen LogP contribution is 2.37. The molecule has 8 nitrogen and oxygen atoms in total. The van der Waals surface area contributed by atoms with E-state index in [1.807, 2.05) is 6.07 Å². The first-order valence-corrected chi connectivity index (χ1v) is 10.5. The minimum atomic E-state index is -4.01. The lowest BCUT2D eigenvalue weighted by Gasteiger charge is -2.11. The van der Waals surface area contributed by atoms with Gasteiger partial charge in [0, 0.05) is 11.8 Å². The second-order valence-corrected chi connectivity index (χ2v) is 8.24. The zero-order chi connectivity index (χ0) is 21.3. The molecule has 1 N–H and O–H groups in total. The van der Waals surface area contributed by atoms with E-state index in [4.69, 9.17) is 9.47 Å². The number of methoxy groups -OCH3 is 2. The van der Waals surface area contributed by atoms with Gasteiger partial charge in [0.15, 0.2) is 5.65 Å². The van der Waals surface area contributed by atoms with Gasteiger partial charge in [-0.15, -0.1) is 0 Å². The van der Waals surface area contributed by atoms with E-state index in [-0.39, 0.29) is 27.8 Å². The van der Waals surface area contributed by atoms with Crippen LogP contribution in [0.5, 0.6) is 11.9 Å². The van der Waals surface area contributed by atoms with E-state index in [0.29, 0.717) is 11.1 Å². The highest BCUT2D eigenvalue weighted by molar-refractivity contribution is 7.90. The number of benzene rings is 2. The van der Waals surface area contributed by atoms with Crippen LogP contribution in [-0.2, 0) is 10.0 Å². The van der Waals surface area contributed by atoms with Gasteiger partial charge in [0.2, 0.25) is 5.88 Å². The van der Waals surface area contributed by atoms with Crippen LogP contribution in [0.1, 0.15) is 17.2 Å². The molecule has 0 amide bonds. The first-order valence-electron chi connectivity index (χ1n) is 9.02. The molecule has 0 spiro atoms. The highest BCUT2D eigenvalue weighted by Gasteiger charge is 2.29. The lowest BCUT2D eigenvalue weighted by molar-refractivity contribution is 0.221. The molecule has 2 heterocycles. The van der Waals surface area contributed by atoms with Gasteiger partial charge >= 0.3 is 6.01 Å². The summed E-state index contributed by atoms with van der Waals surface area (Å²) in [5.41, 5.74) is 0.939. The molecule has 1 atom stereocenters. The van der Waals surface area contributed by atoms with Gasteiger partial charge in [0.05, 0.1) is 24.5 Å². The highest BCUT2D eigenvalue weighted by atomic mass is 32.2. The average Bonchev–Trinajstić information content (AvgIpc) is 3.19. The number of hydrogen-bond acceptors (Lipinski definition) is 7. The zero-order valence-electron chi connectivity index (χ0n) is 16.3. The lowest BCUT2D eigenvalue weighted by atomic mass is 10.0. The van der Waals surface area contributed by atoms with Crippen molar-refractivity contribution in [2.45, 2.75) is 11.0 Å². The fourth-order valence-electron chi connectivity index (χ4n) is 3.22. The van der Waals surface area contributed by atoms with E-state index in [0.717, 1.165) is 3.97 Å². The molecular formula is C21H19N3O5S. The third kappa shape index (κ3) is 3.27. The van der Waals surface area contributed by atoms with Gasteiger partial charge in [-0.2, -0.15) is 9.97 Å². The molecule has 0 fully saturated rings. The van der Waals surface area contributed by atoms with Crippen molar-refractivity contribution in [1.82, 2.24) is 13.9 Å². The Morgan fingerprint density at radius 1 is 0.933 bits per heavy atom. The molecule has 154 valence electrons. The summed E-state index contributed by atoms with van der Waals surface area (Å²) >= 11 is 0. The third-order valence-corrected chi connectivity index (χ3v) is 6.34. The molecule has 0 radical (unpaired) electrons. The van der Waals surface area contributed by atoms with Crippen LogP contribution in [0.25, 0.3) is 11.0 Å². The topological polar surface area (TPSA) is 104 Å². The molecule has 0 saturated heterocycles. The number of aliphatic hydroxyl groups excluding tert-OH is 1. The fourth-order valence-corrected chi connectivity index (χ4v) is 4.56. The number of hydrogen-bond donors (Lipinski definition) is 1. The quantitative estimate of drug-likeness (QED) is 0.507. The Kier molecular flexibility index (Phi) is 5.15. The first kappa shape index (κ1) is 19.9. The van der Waals surface area contributed by atoms with Crippen LogP contribution < -0.4 is 9.47 Å². The van der Waals surface area contributed by atoms with Gasteiger partial charge in [-0.1, -0.05) is 48.5 Å². The fraction of sp³-hybridized carbons (Fsp3) is 0.143. The summed E-state index contributed by atoms with van der Waals surface area (Å²) < 4.78 is 38.2. The van der Waals surface area contributed by atoms with Crippen LogP contribution in [0.4, 0.5) is 0 Å². The van der Waals surface area contributed by atoms with E-state index in [9.17, 15) is 13.5 Å². The van der Waals surface area contributed by atoms with Crippen molar-refractivity contribution in [3.8, 4) is 11.9 Å². The molecular weight excluding hydrogens is 406 g/mol. The Balaban J connectivity index is 2.04. The zero-order valence-corrected chi connectivity index (χ0v) is 17.1. The van der Waals surface area contributed by atoms with E-state index in [2.05, 4.69) is 9.97 Å². The summed E-state index contributed by atoms with van der Waals surface area (Å²) in [6.45, 7) is 0. The van der Waals surface area contributed by atoms with Crippen LogP contribution in [0.2, 0.25) is 0 Å². The summed E-state index contributed by atoms with van der Waals surface area (Å²) in [5, 5.41) is 11.3. The number of nitrogens with zero attached hydrogens (tertiary/aromatic N) is 3. The molecule has 0 saturated carbocycles. The Morgan fingerprint density at radius 2 is 1.57 bits per heavy atom. The van der Waals surface area contributed by atoms with Crippen LogP contribution in [-0.4, -0.2) is 41.7 Å². The largest absolute Gasteiger partial charge is 0.480 e. The van der Waals surface area contributed by atoms with Gasteiger partial charge < -0.3 is 14.6 Å². The van der Waals surface area contributed by atoms with Crippen LogP contribution in [0, 0.1) is 0 Å². The van der Waals surface area contributed by atoms with Crippen molar-refractivity contribution in [1.29, 1.82) is 0 Å². The summed E-state index contributed by atoms with van der Waals surface area (Å²) in [5.74, 6) is 0.101. The van der Waals surface area contributed by atoms with Crippen molar-refractivity contribution < 1.29 is 23.0 Å². The average molecular weight is 425 g/mol. The molecule has 0 bridgehead atoms. The minimum absolute atomic E-state index is 0.0486. The molecule has 1 unspecified atom stereocenters. The maximum absolute atomic E-state index is 13.4. The van der Waals surface area contributed by atoms with E-state index in [1.54, 1.807) is 42.5 Å². The second kappa shape index (κ2) is 7.77. The molecule has 0 aliphatic carbocycles. The van der Waals surface area contributed by atoms with Crippen LogP contribution in [0.15, 0.2) is 71.8 Å². The number of aliphatic hydroxyl groups is 1. The van der Waals surface area contributed by atoms with Crippen LogP contribution in [0.3, 0.4) is 0 Å². The number of aromatic nitrogens is 3. The van der Waals surface area contributed by atoms with Crippen molar-refractivity contribution in [3.63, 3.8) is 0 Å². The van der Waals surface area contributed by atoms with Crippen LogP contribution >= 0.6 is 0 Å². The van der Waals surface area contributed by atoms with Crippen molar-refractivity contribution >= 4 is 21.1 Å². The number of fused-ring (bicyclic) bond motifs is 1.